The minimum Gasteiger partial charge on any atom is -0.369 e. The van der Waals surface area contributed by atoms with E-state index in [4.69, 9.17) is 5.73 Å². The summed E-state index contributed by atoms with van der Waals surface area (Å²) >= 11 is 2.72. The lowest BCUT2D eigenvalue weighted by atomic mass is 9.95. The molecule has 2 aromatic rings. The number of anilines is 1. The molecule has 1 aliphatic rings. The molecule has 0 unspecified atom stereocenters. The lowest BCUT2D eigenvalue weighted by Crippen LogP contribution is -2.21. The quantitative estimate of drug-likeness (QED) is 0.625. The van der Waals surface area contributed by atoms with Crippen molar-refractivity contribution in [3.8, 4) is 6.07 Å². The second-order valence-corrected chi connectivity index (χ2v) is 9.98. The fourth-order valence-electron chi connectivity index (χ4n) is 3.96. The molecule has 0 atom stereocenters. The number of hydrogen-bond acceptors (Lipinski definition) is 6. The second kappa shape index (κ2) is 9.67. The van der Waals surface area contributed by atoms with Gasteiger partial charge < -0.3 is 15.6 Å². The van der Waals surface area contributed by atoms with Gasteiger partial charge in [-0.25, -0.2) is 4.98 Å². The van der Waals surface area contributed by atoms with Crippen LogP contribution in [0, 0.1) is 32.1 Å². The van der Waals surface area contributed by atoms with Crippen LogP contribution in [-0.2, 0) is 16.0 Å². The summed E-state index contributed by atoms with van der Waals surface area (Å²) in [7, 11) is 0. The van der Waals surface area contributed by atoms with Gasteiger partial charge in [-0.2, -0.15) is 5.26 Å². The lowest BCUT2D eigenvalue weighted by Gasteiger charge is -2.27. The molecular weight excluding hydrogens is 418 g/mol. The molecule has 0 spiro atoms. The van der Waals surface area contributed by atoms with Crippen LogP contribution in [0.25, 0.3) is 0 Å². The zero-order valence-electron chi connectivity index (χ0n) is 17.6. The highest BCUT2D eigenvalue weighted by Crippen LogP contribution is 2.37. The van der Waals surface area contributed by atoms with Crippen molar-refractivity contribution < 1.29 is 9.59 Å². The van der Waals surface area contributed by atoms with Gasteiger partial charge in [0.25, 0.3) is 0 Å². The van der Waals surface area contributed by atoms with Crippen molar-refractivity contribution in [1.29, 1.82) is 5.26 Å². The summed E-state index contributed by atoms with van der Waals surface area (Å²) in [5.41, 5.74) is 8.56. The number of nitrogens with one attached hydrogen (secondary N) is 1. The molecule has 9 heteroatoms. The number of carbonyl (C=O) groups is 2. The van der Waals surface area contributed by atoms with Crippen LogP contribution >= 0.6 is 23.1 Å². The molecule has 1 fully saturated rings. The number of nitrogens with two attached hydrogens (primary N) is 1. The summed E-state index contributed by atoms with van der Waals surface area (Å²) in [6, 6.07) is 2.60. The molecule has 1 saturated carbocycles. The van der Waals surface area contributed by atoms with Crippen LogP contribution < -0.4 is 11.1 Å². The van der Waals surface area contributed by atoms with Gasteiger partial charge in [0.2, 0.25) is 11.8 Å². The number of nitriles is 1. The fraction of sp³-hybridized carbons (Fsp3) is 0.524. The van der Waals surface area contributed by atoms with Gasteiger partial charge in [0.05, 0.1) is 23.4 Å². The van der Waals surface area contributed by atoms with Crippen molar-refractivity contribution >= 4 is 40.7 Å². The van der Waals surface area contributed by atoms with Crippen LogP contribution in [0.3, 0.4) is 0 Å². The number of thioether (sulfide) groups is 1. The first-order chi connectivity index (χ1) is 14.3. The number of nitrogens with zero attached hydrogens (tertiary/aromatic N) is 3. The molecule has 0 saturated heterocycles. The summed E-state index contributed by atoms with van der Waals surface area (Å²) in [5.74, 6) is 0.237. The largest absolute Gasteiger partial charge is 0.369 e. The average molecular weight is 446 g/mol. The summed E-state index contributed by atoms with van der Waals surface area (Å²) < 4.78 is 2.89. The van der Waals surface area contributed by atoms with Crippen LogP contribution in [-0.4, -0.2) is 27.1 Å². The Bertz CT molecular complexity index is 996. The lowest BCUT2D eigenvalue weighted by molar-refractivity contribution is -0.117. The Morgan fingerprint density at radius 3 is 2.63 bits per heavy atom. The molecular formula is C21H27N5O2S2. The molecule has 0 aromatic carbocycles. The van der Waals surface area contributed by atoms with Gasteiger partial charge in [0.1, 0.15) is 11.9 Å². The van der Waals surface area contributed by atoms with E-state index in [0.717, 1.165) is 39.0 Å². The van der Waals surface area contributed by atoms with E-state index in [0.29, 0.717) is 17.4 Å². The normalized spacial score (nSPS) is 14.5. The Balaban J connectivity index is 1.74. The van der Waals surface area contributed by atoms with Crippen molar-refractivity contribution in [2.24, 2.45) is 5.73 Å². The van der Waals surface area contributed by atoms with Gasteiger partial charge in [0.15, 0.2) is 4.34 Å². The Morgan fingerprint density at radius 1 is 1.30 bits per heavy atom. The number of amides is 2. The van der Waals surface area contributed by atoms with E-state index in [1.54, 1.807) is 0 Å². The number of thiazole rings is 1. The van der Waals surface area contributed by atoms with E-state index in [1.807, 2.05) is 20.8 Å². The maximum Gasteiger partial charge on any atom is 0.235 e. The first kappa shape index (κ1) is 22.4. The molecule has 7 nitrogen and oxygen atoms in total. The third kappa shape index (κ3) is 4.87. The summed E-state index contributed by atoms with van der Waals surface area (Å²) in [5, 5.41) is 12.7. The molecule has 2 aromatic heterocycles. The standard InChI is InChI=1S/C21H27N5O2S2/c1-12-14(3)26(15-7-5-4-6-8-15)20(16(12)10-22)25-19(28)11-29-21-24-13(2)17(30-21)9-18(23)27/h15H,4-9,11H2,1-3H3,(H2,23,27)(H,25,28). The van der Waals surface area contributed by atoms with Gasteiger partial charge in [-0.05, 0) is 39.2 Å². The summed E-state index contributed by atoms with van der Waals surface area (Å²) in [6.45, 7) is 5.80. The molecule has 3 N–H and O–H groups in total. The number of primary amides is 1. The topological polar surface area (TPSA) is 114 Å². The van der Waals surface area contributed by atoms with Gasteiger partial charge in [-0.3, -0.25) is 9.59 Å². The van der Waals surface area contributed by atoms with Crippen molar-refractivity contribution in [3.05, 3.63) is 27.4 Å². The predicted octanol–water partition coefficient (Wildman–Crippen LogP) is 4.01. The number of rotatable bonds is 7. The Morgan fingerprint density at radius 2 is 2.00 bits per heavy atom. The molecule has 3 rings (SSSR count). The second-order valence-electron chi connectivity index (χ2n) is 7.68. The van der Waals surface area contributed by atoms with Gasteiger partial charge in [-0.15, -0.1) is 11.3 Å². The third-order valence-corrected chi connectivity index (χ3v) is 7.90. The van der Waals surface area contributed by atoms with Crippen LogP contribution in [0.15, 0.2) is 4.34 Å². The molecule has 2 heterocycles. The van der Waals surface area contributed by atoms with Crippen molar-refractivity contribution in [2.45, 2.75) is 69.7 Å². The first-order valence-electron chi connectivity index (χ1n) is 10.1. The molecule has 0 radical (unpaired) electrons. The number of hydrogen-bond donors (Lipinski definition) is 2. The molecule has 1 aliphatic carbocycles. The molecule has 0 aliphatic heterocycles. The molecule has 0 bridgehead atoms. The number of aromatic nitrogens is 2. The zero-order valence-corrected chi connectivity index (χ0v) is 19.2. The minimum atomic E-state index is -0.394. The number of carbonyl (C=O) groups excluding carboxylic acids is 2. The highest BCUT2D eigenvalue weighted by atomic mass is 32.2. The van der Waals surface area contributed by atoms with Crippen LogP contribution in [0.1, 0.15) is 65.5 Å². The van der Waals surface area contributed by atoms with Gasteiger partial charge in [-0.1, -0.05) is 31.0 Å². The minimum absolute atomic E-state index is 0.162. The van der Waals surface area contributed by atoms with E-state index in [-0.39, 0.29) is 18.1 Å². The van der Waals surface area contributed by atoms with Crippen LogP contribution in [0.4, 0.5) is 5.82 Å². The fourth-order valence-corrected chi connectivity index (χ4v) is 6.01. The highest BCUT2D eigenvalue weighted by molar-refractivity contribution is 8.01. The van der Waals surface area contributed by atoms with Gasteiger partial charge >= 0.3 is 0 Å². The van der Waals surface area contributed by atoms with E-state index >= 15 is 0 Å². The Kier molecular flexibility index (Phi) is 7.21. The zero-order chi connectivity index (χ0) is 21.8. The maximum absolute atomic E-state index is 12.7. The highest BCUT2D eigenvalue weighted by Gasteiger charge is 2.26. The van der Waals surface area contributed by atoms with Crippen molar-refractivity contribution in [3.63, 3.8) is 0 Å². The number of aryl methyl sites for hydroxylation is 1. The Hall–Kier alpha value is -2.31. The van der Waals surface area contributed by atoms with E-state index < -0.39 is 5.91 Å². The van der Waals surface area contributed by atoms with Crippen LogP contribution in [0.2, 0.25) is 0 Å². The third-order valence-electron chi connectivity index (χ3n) is 5.60. The van der Waals surface area contributed by atoms with E-state index in [9.17, 15) is 14.9 Å². The SMILES string of the molecule is Cc1nc(SCC(=O)Nc2c(C#N)c(C)c(C)n2C2CCCCC2)sc1CC(N)=O. The predicted molar refractivity (Wildman–Crippen MR) is 120 cm³/mol. The molecule has 2 amide bonds. The maximum atomic E-state index is 12.7. The summed E-state index contributed by atoms with van der Waals surface area (Å²) in [4.78, 5) is 29.1. The van der Waals surface area contributed by atoms with Crippen LogP contribution in [0.5, 0.6) is 0 Å². The first-order valence-corrected chi connectivity index (χ1v) is 11.9. The smallest absolute Gasteiger partial charge is 0.235 e. The summed E-state index contributed by atoms with van der Waals surface area (Å²) in [6.07, 6.45) is 5.88. The van der Waals surface area contributed by atoms with Crippen molar-refractivity contribution in [2.75, 3.05) is 11.1 Å². The molecule has 30 heavy (non-hydrogen) atoms. The van der Waals surface area contributed by atoms with Gasteiger partial charge in [0, 0.05) is 16.6 Å². The van der Waals surface area contributed by atoms with E-state index in [1.165, 1.54) is 42.4 Å². The monoisotopic (exact) mass is 445 g/mol. The molecule has 160 valence electrons. The Labute approximate surface area is 185 Å². The van der Waals surface area contributed by atoms with E-state index in [2.05, 4.69) is 20.9 Å². The average Bonchev–Trinajstić information content (AvgIpc) is 3.17. The van der Waals surface area contributed by atoms with Crippen molar-refractivity contribution in [1.82, 2.24) is 9.55 Å².